The molecular weight excluding hydrogens is 243 g/mol. The Labute approximate surface area is 92.1 Å². The molecule has 1 aromatic heterocycles. The van der Waals surface area contributed by atoms with Crippen LogP contribution in [0, 0.1) is 11.6 Å². The van der Waals surface area contributed by atoms with E-state index in [9.17, 15) is 22.0 Å². The van der Waals surface area contributed by atoms with Gasteiger partial charge >= 0.3 is 6.18 Å². The third-order valence-corrected chi connectivity index (χ3v) is 2.07. The minimum absolute atomic E-state index is 0.158. The molecule has 1 aromatic carbocycles. The first-order valence-electron chi connectivity index (χ1n) is 4.45. The minimum atomic E-state index is -4.63. The van der Waals surface area contributed by atoms with Gasteiger partial charge in [0.25, 0.3) is 0 Å². The molecule has 0 bridgehead atoms. The summed E-state index contributed by atoms with van der Waals surface area (Å²) < 4.78 is 62.6. The fraction of sp³-hybridized carbons (Fsp3) is 0.100. The molecule has 2 aromatic rings. The van der Waals surface area contributed by atoms with Crippen LogP contribution < -0.4 is 0 Å². The van der Waals surface area contributed by atoms with Gasteiger partial charge in [-0.1, -0.05) is 0 Å². The van der Waals surface area contributed by atoms with Crippen molar-refractivity contribution in [3.63, 3.8) is 0 Å². The van der Waals surface area contributed by atoms with Crippen LogP contribution in [0.25, 0.3) is 11.3 Å². The fourth-order valence-corrected chi connectivity index (χ4v) is 1.31. The van der Waals surface area contributed by atoms with Crippen molar-refractivity contribution in [1.29, 1.82) is 0 Å². The van der Waals surface area contributed by atoms with Crippen LogP contribution in [-0.4, -0.2) is 9.97 Å². The van der Waals surface area contributed by atoms with Crippen LogP contribution in [0.3, 0.4) is 0 Å². The summed E-state index contributed by atoms with van der Waals surface area (Å²) in [7, 11) is 0. The normalized spacial score (nSPS) is 11.8. The molecule has 7 heteroatoms. The molecule has 0 spiro atoms. The van der Waals surface area contributed by atoms with Crippen molar-refractivity contribution in [2.24, 2.45) is 0 Å². The number of hydrogen-bond acceptors (Lipinski definition) is 1. The van der Waals surface area contributed by atoms with Crippen LogP contribution in [0.4, 0.5) is 22.0 Å². The number of imidazole rings is 1. The van der Waals surface area contributed by atoms with Crippen LogP contribution >= 0.6 is 0 Å². The zero-order chi connectivity index (χ0) is 12.6. The molecular formula is C10H5F5N2. The second kappa shape index (κ2) is 3.83. The Morgan fingerprint density at radius 3 is 2.35 bits per heavy atom. The molecule has 0 atom stereocenters. The van der Waals surface area contributed by atoms with Gasteiger partial charge in [-0.25, -0.2) is 13.8 Å². The van der Waals surface area contributed by atoms with Crippen molar-refractivity contribution in [3.05, 3.63) is 41.9 Å². The first-order chi connectivity index (χ1) is 7.88. The van der Waals surface area contributed by atoms with Crippen molar-refractivity contribution < 1.29 is 22.0 Å². The maximum Gasteiger partial charge on any atom is 0.449 e. The van der Waals surface area contributed by atoms with Crippen molar-refractivity contribution in [2.75, 3.05) is 0 Å². The van der Waals surface area contributed by atoms with Gasteiger partial charge in [-0.3, -0.25) is 0 Å². The molecule has 0 radical (unpaired) electrons. The van der Waals surface area contributed by atoms with Crippen LogP contribution in [0.2, 0.25) is 0 Å². The summed E-state index contributed by atoms with van der Waals surface area (Å²) in [5.41, 5.74) is -0.329. The molecule has 1 N–H and O–H groups in total. The largest absolute Gasteiger partial charge is 0.449 e. The number of halogens is 5. The number of benzene rings is 1. The molecule has 0 aliphatic carbocycles. The van der Waals surface area contributed by atoms with E-state index in [1.807, 2.05) is 4.98 Å². The first kappa shape index (κ1) is 11.6. The number of alkyl halides is 3. The van der Waals surface area contributed by atoms with Crippen LogP contribution in [0.15, 0.2) is 24.4 Å². The van der Waals surface area contributed by atoms with E-state index >= 15 is 0 Å². The summed E-state index contributed by atoms with van der Waals surface area (Å²) in [4.78, 5) is 5.02. The summed E-state index contributed by atoms with van der Waals surface area (Å²) in [6.07, 6.45) is -3.78. The van der Waals surface area contributed by atoms with E-state index in [-0.39, 0.29) is 11.3 Å². The van der Waals surface area contributed by atoms with Gasteiger partial charge in [-0.15, -0.1) is 0 Å². The van der Waals surface area contributed by atoms with Crippen LogP contribution in [-0.2, 0) is 6.18 Å². The summed E-state index contributed by atoms with van der Waals surface area (Å²) in [5, 5.41) is 0. The number of H-pyrrole nitrogens is 1. The van der Waals surface area contributed by atoms with E-state index in [0.29, 0.717) is 6.07 Å². The SMILES string of the molecule is Fc1ccc(-c2cnc(C(F)(F)F)[nH]2)c(F)c1. The number of hydrogen-bond donors (Lipinski definition) is 1. The number of rotatable bonds is 1. The van der Waals surface area contributed by atoms with Crippen molar-refractivity contribution in [2.45, 2.75) is 6.18 Å². The summed E-state index contributed by atoms with van der Waals surface area (Å²) in [6, 6.07) is 2.58. The molecule has 2 rings (SSSR count). The molecule has 0 aliphatic rings. The van der Waals surface area contributed by atoms with Crippen LogP contribution in [0.1, 0.15) is 5.82 Å². The van der Waals surface area contributed by atoms with Gasteiger partial charge in [-0.05, 0) is 12.1 Å². The monoisotopic (exact) mass is 248 g/mol. The Morgan fingerprint density at radius 2 is 1.82 bits per heavy atom. The van der Waals surface area contributed by atoms with Crippen molar-refractivity contribution in [1.82, 2.24) is 9.97 Å². The van der Waals surface area contributed by atoms with Crippen molar-refractivity contribution >= 4 is 0 Å². The summed E-state index contributed by atoms with van der Waals surface area (Å²) in [5.74, 6) is -2.99. The lowest BCUT2D eigenvalue weighted by Gasteiger charge is -2.02. The lowest BCUT2D eigenvalue weighted by atomic mass is 10.1. The van der Waals surface area contributed by atoms with Gasteiger partial charge < -0.3 is 4.98 Å². The number of nitrogens with one attached hydrogen (secondary N) is 1. The number of aromatic nitrogens is 2. The highest BCUT2D eigenvalue weighted by atomic mass is 19.4. The Balaban J connectivity index is 2.44. The van der Waals surface area contributed by atoms with E-state index in [4.69, 9.17) is 0 Å². The average molecular weight is 248 g/mol. The molecule has 0 saturated heterocycles. The first-order valence-corrected chi connectivity index (χ1v) is 4.45. The highest BCUT2D eigenvalue weighted by Crippen LogP contribution is 2.29. The van der Waals surface area contributed by atoms with Crippen LogP contribution in [0.5, 0.6) is 0 Å². The topological polar surface area (TPSA) is 28.7 Å². The average Bonchev–Trinajstić information content (AvgIpc) is 2.65. The molecule has 1 heterocycles. The van der Waals surface area contributed by atoms with E-state index < -0.39 is 23.6 Å². The summed E-state index contributed by atoms with van der Waals surface area (Å²) >= 11 is 0. The second-order valence-electron chi connectivity index (χ2n) is 3.27. The van der Waals surface area contributed by atoms with Gasteiger partial charge in [0, 0.05) is 11.6 Å². The standard InChI is InChI=1S/C10H5F5N2/c11-5-1-2-6(7(12)3-5)8-4-16-9(17-8)10(13,14)15/h1-4H,(H,16,17). The number of nitrogens with zero attached hydrogens (tertiary/aromatic N) is 1. The molecule has 0 fully saturated rings. The molecule has 0 amide bonds. The minimum Gasteiger partial charge on any atom is -0.334 e. The Morgan fingerprint density at radius 1 is 1.12 bits per heavy atom. The zero-order valence-corrected chi connectivity index (χ0v) is 8.15. The van der Waals surface area contributed by atoms with Gasteiger partial charge in [0.2, 0.25) is 5.82 Å². The molecule has 90 valence electrons. The van der Waals surface area contributed by atoms with E-state index in [0.717, 1.165) is 18.3 Å². The summed E-state index contributed by atoms with van der Waals surface area (Å²) in [6.45, 7) is 0. The predicted molar refractivity (Wildman–Crippen MR) is 48.9 cm³/mol. The highest BCUT2D eigenvalue weighted by Gasteiger charge is 2.34. The Bertz CT molecular complexity index is 544. The lowest BCUT2D eigenvalue weighted by Crippen LogP contribution is -2.07. The quantitative estimate of drug-likeness (QED) is 0.770. The van der Waals surface area contributed by atoms with Gasteiger partial charge in [-0.2, -0.15) is 13.2 Å². The lowest BCUT2D eigenvalue weighted by molar-refractivity contribution is -0.144. The van der Waals surface area contributed by atoms with Crippen molar-refractivity contribution in [3.8, 4) is 11.3 Å². The fourth-order valence-electron chi connectivity index (χ4n) is 1.31. The van der Waals surface area contributed by atoms with E-state index in [2.05, 4.69) is 4.98 Å². The smallest absolute Gasteiger partial charge is 0.334 e. The Kier molecular flexibility index (Phi) is 2.60. The second-order valence-corrected chi connectivity index (χ2v) is 3.27. The highest BCUT2D eigenvalue weighted by molar-refractivity contribution is 5.59. The van der Waals surface area contributed by atoms with Gasteiger partial charge in [0.1, 0.15) is 11.6 Å². The maximum absolute atomic E-state index is 13.3. The third kappa shape index (κ3) is 2.27. The molecule has 2 nitrogen and oxygen atoms in total. The van der Waals surface area contributed by atoms with Gasteiger partial charge in [0.05, 0.1) is 11.9 Å². The maximum atomic E-state index is 13.3. The third-order valence-electron chi connectivity index (χ3n) is 2.07. The Hall–Kier alpha value is -1.92. The van der Waals surface area contributed by atoms with E-state index in [1.165, 1.54) is 0 Å². The molecule has 0 saturated carbocycles. The molecule has 0 aliphatic heterocycles. The van der Waals surface area contributed by atoms with Gasteiger partial charge in [0.15, 0.2) is 0 Å². The zero-order valence-electron chi connectivity index (χ0n) is 8.15. The molecule has 0 unspecified atom stereocenters. The molecule has 17 heavy (non-hydrogen) atoms. The number of aromatic amines is 1. The predicted octanol–water partition coefficient (Wildman–Crippen LogP) is 3.37. The van der Waals surface area contributed by atoms with E-state index in [1.54, 1.807) is 0 Å².